The van der Waals surface area contributed by atoms with Gasteiger partial charge in [-0.3, -0.25) is 18.6 Å². The minimum absolute atomic E-state index is 0.148. The number of phosphoric acid groups is 1. The molecule has 0 aromatic carbocycles. The van der Waals surface area contributed by atoms with Crippen LogP contribution in [0.25, 0.3) is 0 Å². The topological polar surface area (TPSA) is 169 Å². The van der Waals surface area contributed by atoms with Crippen molar-refractivity contribution in [3.05, 3.63) is 0 Å². The summed E-state index contributed by atoms with van der Waals surface area (Å²) < 4.78 is 26.6. The molecule has 0 aromatic heterocycles. The summed E-state index contributed by atoms with van der Waals surface area (Å²) >= 11 is 0. The lowest BCUT2D eigenvalue weighted by molar-refractivity contribution is -0.147. The van der Waals surface area contributed by atoms with Crippen LogP contribution in [0.4, 0.5) is 0 Å². The van der Waals surface area contributed by atoms with Crippen molar-refractivity contribution in [2.75, 3.05) is 19.8 Å². The fraction of sp³-hybridized carbons (Fsp3) is 0.912. The second-order valence-electron chi connectivity index (χ2n) is 12.4. The molecule has 0 radical (unpaired) electrons. The zero-order valence-corrected chi connectivity index (χ0v) is 29.8. The lowest BCUT2D eigenvalue weighted by atomic mass is 10.0. The van der Waals surface area contributed by atoms with Gasteiger partial charge in [0.2, 0.25) is 5.91 Å². The number of aliphatic carboxylic acids is 1. The summed E-state index contributed by atoms with van der Waals surface area (Å²) in [6.45, 7) is 2.51. The van der Waals surface area contributed by atoms with Crippen LogP contribution in [0.3, 0.4) is 0 Å². The van der Waals surface area contributed by atoms with Crippen molar-refractivity contribution in [1.82, 2.24) is 5.32 Å². The molecule has 0 fully saturated rings. The smallest absolute Gasteiger partial charge is 0.472 e. The standard InChI is InChI=1S/C34H66NO10P/c1-3-5-7-9-11-12-13-14-15-16-17-18-20-22-24-26-33(38)43-27-30(36)28-44-46(41,42)45-29-31(34(39)40)35-32(37)25-23-21-19-10-8-6-4-2/h30-31,36H,3-29H2,1-2H3,(H,35,37)(H,39,40)(H,41,42). The Balaban J connectivity index is 3.90. The maximum absolute atomic E-state index is 12.1. The Hall–Kier alpha value is -1.52. The second kappa shape index (κ2) is 30.8. The lowest BCUT2D eigenvalue weighted by Crippen LogP contribution is -2.43. The first-order chi connectivity index (χ1) is 22.1. The molecule has 1 amide bonds. The van der Waals surface area contributed by atoms with Crippen LogP contribution < -0.4 is 5.32 Å². The van der Waals surface area contributed by atoms with Gasteiger partial charge in [-0.1, -0.05) is 142 Å². The molecule has 0 bridgehead atoms. The number of aliphatic hydroxyl groups is 1. The zero-order chi connectivity index (χ0) is 34.3. The van der Waals surface area contributed by atoms with Gasteiger partial charge in [0.25, 0.3) is 0 Å². The first-order valence-electron chi connectivity index (χ1n) is 18.1. The second-order valence-corrected chi connectivity index (χ2v) is 13.9. The molecule has 0 spiro atoms. The van der Waals surface area contributed by atoms with Gasteiger partial charge < -0.3 is 25.2 Å². The predicted octanol–water partition coefficient (Wildman–Crippen LogP) is 8.00. The van der Waals surface area contributed by atoms with Gasteiger partial charge in [0, 0.05) is 12.8 Å². The van der Waals surface area contributed by atoms with Crippen LogP contribution in [0.15, 0.2) is 0 Å². The summed E-state index contributed by atoms with van der Waals surface area (Å²) in [4.78, 5) is 45.4. The Bertz CT molecular complexity index is 813. The van der Waals surface area contributed by atoms with Crippen molar-refractivity contribution in [2.45, 2.75) is 180 Å². The van der Waals surface area contributed by atoms with E-state index < -0.39 is 57.6 Å². The number of carboxylic acids is 1. The molecule has 4 N–H and O–H groups in total. The molecule has 0 rings (SSSR count). The molecule has 0 aromatic rings. The lowest BCUT2D eigenvalue weighted by Gasteiger charge is -2.18. The van der Waals surface area contributed by atoms with Crippen LogP contribution in [0.2, 0.25) is 0 Å². The third-order valence-electron chi connectivity index (χ3n) is 7.90. The summed E-state index contributed by atoms with van der Waals surface area (Å²) in [5.41, 5.74) is 0. The van der Waals surface area contributed by atoms with E-state index >= 15 is 0 Å². The highest BCUT2D eigenvalue weighted by atomic mass is 31.2. The summed E-state index contributed by atoms with van der Waals surface area (Å²) in [5.74, 6) is -2.37. The SMILES string of the molecule is CCCCCCCCCCCCCCCCCC(=O)OCC(O)COP(=O)(O)OCC(NC(=O)CCCCCCCCC)C(=O)O. The molecular formula is C34H66NO10P. The normalized spacial score (nSPS) is 14.0. The fourth-order valence-corrected chi connectivity index (χ4v) is 5.79. The van der Waals surface area contributed by atoms with E-state index in [0.717, 1.165) is 51.4 Å². The molecule has 12 heteroatoms. The molecule has 272 valence electrons. The van der Waals surface area contributed by atoms with Crippen LogP contribution in [0, 0.1) is 0 Å². The van der Waals surface area contributed by atoms with E-state index in [-0.39, 0.29) is 12.8 Å². The van der Waals surface area contributed by atoms with E-state index in [0.29, 0.717) is 12.8 Å². The minimum atomic E-state index is -4.73. The van der Waals surface area contributed by atoms with Crippen molar-refractivity contribution in [2.24, 2.45) is 0 Å². The predicted molar refractivity (Wildman–Crippen MR) is 180 cm³/mol. The number of aliphatic hydroxyl groups excluding tert-OH is 1. The average molecular weight is 680 g/mol. The maximum Gasteiger partial charge on any atom is 0.472 e. The largest absolute Gasteiger partial charge is 0.480 e. The fourth-order valence-electron chi connectivity index (χ4n) is 5.02. The Morgan fingerprint density at radius 2 is 1.00 bits per heavy atom. The van der Waals surface area contributed by atoms with Crippen molar-refractivity contribution in [1.29, 1.82) is 0 Å². The van der Waals surface area contributed by atoms with E-state index in [2.05, 4.69) is 19.2 Å². The van der Waals surface area contributed by atoms with Crippen LogP contribution in [0.5, 0.6) is 0 Å². The summed E-state index contributed by atoms with van der Waals surface area (Å²) in [6.07, 6.45) is 24.5. The maximum atomic E-state index is 12.1. The quantitative estimate of drug-likeness (QED) is 0.0297. The van der Waals surface area contributed by atoms with Gasteiger partial charge in [0.1, 0.15) is 12.7 Å². The Labute approximate surface area is 278 Å². The average Bonchev–Trinajstić information content (AvgIpc) is 3.02. The van der Waals surface area contributed by atoms with Gasteiger partial charge in [0.15, 0.2) is 6.04 Å². The molecule has 0 saturated heterocycles. The van der Waals surface area contributed by atoms with E-state index in [4.69, 9.17) is 13.8 Å². The molecule has 0 aliphatic rings. The van der Waals surface area contributed by atoms with Crippen molar-refractivity contribution in [3.8, 4) is 0 Å². The number of ether oxygens (including phenoxy) is 1. The summed E-state index contributed by atoms with van der Waals surface area (Å²) in [6, 6.07) is -1.54. The number of amides is 1. The van der Waals surface area contributed by atoms with Gasteiger partial charge in [-0.2, -0.15) is 0 Å². The third-order valence-corrected chi connectivity index (χ3v) is 8.85. The molecule has 0 saturated carbocycles. The number of nitrogens with one attached hydrogen (secondary N) is 1. The van der Waals surface area contributed by atoms with E-state index in [9.17, 15) is 34.1 Å². The highest BCUT2D eigenvalue weighted by molar-refractivity contribution is 7.47. The number of hydrogen-bond donors (Lipinski definition) is 4. The molecule has 0 aliphatic heterocycles. The summed E-state index contributed by atoms with van der Waals surface area (Å²) in [5, 5.41) is 21.6. The molecule has 11 nitrogen and oxygen atoms in total. The van der Waals surface area contributed by atoms with Gasteiger partial charge in [-0.15, -0.1) is 0 Å². The minimum Gasteiger partial charge on any atom is -0.480 e. The molecule has 3 unspecified atom stereocenters. The van der Waals surface area contributed by atoms with Gasteiger partial charge in [-0.05, 0) is 12.8 Å². The molecule has 0 heterocycles. The van der Waals surface area contributed by atoms with Crippen molar-refractivity contribution in [3.63, 3.8) is 0 Å². The first kappa shape index (κ1) is 44.5. The number of carbonyl (C=O) groups excluding carboxylic acids is 2. The first-order valence-corrected chi connectivity index (χ1v) is 19.6. The van der Waals surface area contributed by atoms with Crippen LogP contribution in [0.1, 0.15) is 168 Å². The summed E-state index contributed by atoms with van der Waals surface area (Å²) in [7, 11) is -4.73. The highest BCUT2D eigenvalue weighted by Gasteiger charge is 2.28. The van der Waals surface area contributed by atoms with Crippen LogP contribution >= 0.6 is 7.82 Å². The number of rotatable bonds is 34. The number of unbranched alkanes of at least 4 members (excludes halogenated alkanes) is 20. The monoisotopic (exact) mass is 679 g/mol. The third kappa shape index (κ3) is 29.9. The molecule has 0 aliphatic carbocycles. The Morgan fingerprint density at radius 1 is 0.609 bits per heavy atom. The molecule has 3 atom stereocenters. The van der Waals surface area contributed by atoms with Crippen LogP contribution in [-0.2, 0) is 32.7 Å². The molecule has 46 heavy (non-hydrogen) atoms. The highest BCUT2D eigenvalue weighted by Crippen LogP contribution is 2.43. The van der Waals surface area contributed by atoms with Crippen molar-refractivity contribution < 1.29 is 47.8 Å². The number of hydrogen-bond acceptors (Lipinski definition) is 8. The number of carbonyl (C=O) groups is 3. The van der Waals surface area contributed by atoms with Gasteiger partial charge in [-0.25, -0.2) is 9.36 Å². The number of carboxylic acid groups (broad SMARTS) is 1. The Morgan fingerprint density at radius 3 is 1.43 bits per heavy atom. The number of esters is 1. The molecular weight excluding hydrogens is 613 g/mol. The van der Waals surface area contributed by atoms with Crippen LogP contribution in [-0.4, -0.2) is 64.9 Å². The number of phosphoric ester groups is 1. The van der Waals surface area contributed by atoms with Gasteiger partial charge >= 0.3 is 19.8 Å². The van der Waals surface area contributed by atoms with Gasteiger partial charge in [0.05, 0.1) is 13.2 Å². The van der Waals surface area contributed by atoms with E-state index in [1.54, 1.807) is 0 Å². The van der Waals surface area contributed by atoms with E-state index in [1.807, 2.05) is 0 Å². The van der Waals surface area contributed by atoms with Crippen molar-refractivity contribution >= 4 is 25.7 Å². The van der Waals surface area contributed by atoms with E-state index in [1.165, 1.54) is 77.0 Å². The Kier molecular flexibility index (Phi) is 29.8. The zero-order valence-electron chi connectivity index (χ0n) is 28.9.